The molecule has 0 bridgehead atoms. The van der Waals surface area contributed by atoms with E-state index in [2.05, 4.69) is 5.32 Å². The summed E-state index contributed by atoms with van der Waals surface area (Å²) in [6, 6.07) is 6.69. The number of carboxylic acids is 1. The minimum absolute atomic E-state index is 0. The van der Waals surface area contributed by atoms with E-state index in [0.29, 0.717) is 11.3 Å². The molecule has 0 heterocycles. The Balaban J connectivity index is 0.00000529. The molecule has 8 heteroatoms. The second-order valence-electron chi connectivity index (χ2n) is 4.33. The maximum absolute atomic E-state index is 11.9. The third kappa shape index (κ3) is 7.16. The van der Waals surface area contributed by atoms with Crippen molar-refractivity contribution < 1.29 is 29.0 Å². The predicted molar refractivity (Wildman–Crippen MR) is 91.0 cm³/mol. The minimum atomic E-state index is -1.03. The van der Waals surface area contributed by atoms with Gasteiger partial charge in [-0.05, 0) is 31.6 Å². The van der Waals surface area contributed by atoms with Gasteiger partial charge in [-0.3, -0.25) is 4.79 Å². The number of nitrogens with one attached hydrogen (secondary N) is 1. The van der Waals surface area contributed by atoms with Gasteiger partial charge in [0, 0.05) is 5.69 Å². The summed E-state index contributed by atoms with van der Waals surface area (Å²) >= 11 is 0. The van der Waals surface area contributed by atoms with E-state index in [1.165, 1.54) is 6.08 Å². The van der Waals surface area contributed by atoms with E-state index in [4.69, 9.17) is 14.6 Å². The van der Waals surface area contributed by atoms with Crippen LogP contribution >= 0.6 is 0 Å². The summed E-state index contributed by atoms with van der Waals surface area (Å²) < 4.78 is 9.72. The Morgan fingerprint density at radius 2 is 1.62 bits per heavy atom. The summed E-state index contributed by atoms with van der Waals surface area (Å²) in [7, 11) is 0. The maximum atomic E-state index is 11.9. The fraction of sp³-hybridized carbons (Fsp3) is 0.312. The number of anilines is 1. The molecular formula is C16H20NNaO6. The zero-order valence-electron chi connectivity index (χ0n) is 13.0. The van der Waals surface area contributed by atoms with Crippen LogP contribution in [0.1, 0.15) is 19.4 Å². The van der Waals surface area contributed by atoms with E-state index in [1.807, 2.05) is 0 Å². The zero-order valence-corrected chi connectivity index (χ0v) is 13.0. The summed E-state index contributed by atoms with van der Waals surface area (Å²) in [6.07, 6.45) is 1.32. The number of hydrogen-bond donors (Lipinski definition) is 2. The van der Waals surface area contributed by atoms with Crippen molar-refractivity contribution in [2.24, 2.45) is 0 Å². The second-order valence-corrected chi connectivity index (χ2v) is 4.33. The van der Waals surface area contributed by atoms with Gasteiger partial charge in [-0.15, -0.1) is 0 Å². The Bertz CT molecular complexity index is 594. The van der Waals surface area contributed by atoms with E-state index < -0.39 is 17.9 Å². The molecule has 0 unspecified atom stereocenters. The van der Waals surface area contributed by atoms with Crippen LogP contribution in [0.5, 0.6) is 0 Å². The van der Waals surface area contributed by atoms with Gasteiger partial charge in [-0.25, -0.2) is 9.59 Å². The topological polar surface area (TPSA) is 102 Å². The van der Waals surface area contributed by atoms with Gasteiger partial charge in [-0.1, -0.05) is 18.2 Å². The Morgan fingerprint density at radius 3 is 2.12 bits per heavy atom. The van der Waals surface area contributed by atoms with Gasteiger partial charge in [0.1, 0.15) is 12.1 Å². The number of aliphatic carboxylic acids is 1. The molecule has 0 fully saturated rings. The number of carbonyl (C=O) groups is 3. The van der Waals surface area contributed by atoms with Crippen LogP contribution < -0.4 is 5.32 Å². The Morgan fingerprint density at radius 1 is 1.08 bits per heavy atom. The third-order valence-corrected chi connectivity index (χ3v) is 2.68. The first kappa shape index (κ1) is 22.2. The monoisotopic (exact) mass is 345 g/mol. The summed E-state index contributed by atoms with van der Waals surface area (Å²) in [6.45, 7) is 3.20. The molecule has 0 radical (unpaired) electrons. The third-order valence-electron chi connectivity index (χ3n) is 2.68. The SMILES string of the molecule is CCOC(=O)C(=Cc1ccccc1NCC(=O)O)C(=O)OCC.[NaH]. The van der Waals surface area contributed by atoms with Gasteiger partial charge in [-0.2, -0.15) is 0 Å². The van der Waals surface area contributed by atoms with Crippen LogP contribution in [0.25, 0.3) is 6.08 Å². The molecule has 24 heavy (non-hydrogen) atoms. The molecule has 126 valence electrons. The first-order valence-electron chi connectivity index (χ1n) is 7.10. The molecule has 0 saturated carbocycles. The van der Waals surface area contributed by atoms with Crippen LogP contribution in [0.3, 0.4) is 0 Å². The number of ether oxygens (including phenoxy) is 2. The van der Waals surface area contributed by atoms with Crippen molar-refractivity contribution in [3.8, 4) is 0 Å². The van der Waals surface area contributed by atoms with Crippen LogP contribution in [-0.2, 0) is 23.9 Å². The predicted octanol–water partition coefficient (Wildman–Crippen LogP) is 1.04. The van der Waals surface area contributed by atoms with Gasteiger partial charge < -0.3 is 19.9 Å². The van der Waals surface area contributed by atoms with Crippen molar-refractivity contribution in [1.82, 2.24) is 0 Å². The van der Waals surface area contributed by atoms with Gasteiger partial charge >= 0.3 is 47.5 Å². The normalized spacial score (nSPS) is 9.25. The van der Waals surface area contributed by atoms with Crippen LogP contribution in [-0.4, -0.2) is 72.3 Å². The molecule has 0 spiro atoms. The average Bonchev–Trinajstić information content (AvgIpc) is 2.51. The number of carboxylic acid groups (broad SMARTS) is 1. The fourth-order valence-corrected chi connectivity index (χ4v) is 1.73. The van der Waals surface area contributed by atoms with Crippen LogP contribution in [0.4, 0.5) is 5.69 Å². The Labute approximate surface area is 162 Å². The molecule has 0 aromatic heterocycles. The number of benzene rings is 1. The van der Waals surface area contributed by atoms with Crippen molar-refractivity contribution in [1.29, 1.82) is 0 Å². The molecule has 0 atom stereocenters. The van der Waals surface area contributed by atoms with E-state index >= 15 is 0 Å². The summed E-state index contributed by atoms with van der Waals surface area (Å²) in [5.41, 5.74) is 0.698. The van der Waals surface area contributed by atoms with E-state index in [0.717, 1.165) is 0 Å². The Hall–Kier alpha value is -1.83. The number of hydrogen-bond acceptors (Lipinski definition) is 6. The van der Waals surface area contributed by atoms with Crippen molar-refractivity contribution in [2.75, 3.05) is 25.1 Å². The molecule has 0 saturated heterocycles. The van der Waals surface area contributed by atoms with E-state index in [9.17, 15) is 14.4 Å². The number of rotatable bonds is 8. The summed E-state index contributed by atoms with van der Waals surface area (Å²) in [4.78, 5) is 34.5. The zero-order chi connectivity index (χ0) is 17.2. The van der Waals surface area contributed by atoms with Crippen LogP contribution in [0.15, 0.2) is 29.8 Å². The van der Waals surface area contributed by atoms with Crippen molar-refractivity contribution in [2.45, 2.75) is 13.8 Å². The van der Waals surface area contributed by atoms with Crippen LogP contribution in [0.2, 0.25) is 0 Å². The van der Waals surface area contributed by atoms with Crippen LogP contribution in [0, 0.1) is 0 Å². The summed E-state index contributed by atoms with van der Waals surface area (Å²) in [5.74, 6) is -2.61. The average molecular weight is 345 g/mol. The van der Waals surface area contributed by atoms with E-state index in [-0.39, 0.29) is 54.9 Å². The first-order chi connectivity index (χ1) is 11.0. The molecule has 0 aliphatic rings. The van der Waals surface area contributed by atoms with E-state index in [1.54, 1.807) is 38.1 Å². The number of esters is 2. The standard InChI is InChI=1S/C16H19NO6.Na.H/c1-3-22-15(20)12(16(21)23-4-2)9-11-7-5-6-8-13(11)17-10-14(18)19;;/h5-9,17H,3-4,10H2,1-2H3,(H,18,19);;. The van der Waals surface area contributed by atoms with Gasteiger partial charge in [0.25, 0.3) is 0 Å². The molecule has 2 N–H and O–H groups in total. The molecule has 1 aromatic carbocycles. The van der Waals surface area contributed by atoms with Gasteiger partial charge in [0.05, 0.1) is 13.2 Å². The molecule has 0 amide bonds. The van der Waals surface area contributed by atoms with Gasteiger partial charge in [0.15, 0.2) is 0 Å². The van der Waals surface area contributed by atoms with Crippen molar-refractivity contribution >= 4 is 59.2 Å². The molecule has 0 aliphatic carbocycles. The van der Waals surface area contributed by atoms with Crippen molar-refractivity contribution in [3.63, 3.8) is 0 Å². The first-order valence-corrected chi connectivity index (χ1v) is 7.10. The number of carbonyl (C=O) groups excluding carboxylic acids is 2. The second kappa shape index (κ2) is 11.7. The molecular weight excluding hydrogens is 325 g/mol. The quantitative estimate of drug-likeness (QED) is 0.239. The molecule has 0 aliphatic heterocycles. The summed E-state index contributed by atoms with van der Waals surface area (Å²) in [5, 5.41) is 11.4. The Kier molecular flexibility index (Phi) is 10.8. The molecule has 1 aromatic rings. The van der Waals surface area contributed by atoms with Gasteiger partial charge in [0.2, 0.25) is 0 Å². The van der Waals surface area contributed by atoms with Crippen molar-refractivity contribution in [3.05, 3.63) is 35.4 Å². The molecule has 1 rings (SSSR count). The number of para-hydroxylation sites is 1. The molecule has 7 nitrogen and oxygen atoms in total. The fourth-order valence-electron chi connectivity index (χ4n) is 1.73.